The fraction of sp³-hybridized carbons (Fsp3) is 0.0870. The molecule has 7 nitrogen and oxygen atoms in total. The van der Waals surface area contributed by atoms with Crippen molar-refractivity contribution in [2.24, 2.45) is 0 Å². The molecule has 1 N–H and O–H groups in total. The molecule has 2 heterocycles. The third-order valence-corrected chi connectivity index (χ3v) is 6.43. The van der Waals surface area contributed by atoms with Gasteiger partial charge in [-0.15, -0.1) is 0 Å². The first-order valence-electron chi connectivity index (χ1n) is 9.55. The van der Waals surface area contributed by atoms with Crippen LogP contribution in [0.25, 0.3) is 11.3 Å². The normalized spacial score (nSPS) is 11.3. The van der Waals surface area contributed by atoms with Crippen LogP contribution >= 0.6 is 11.6 Å². The fourth-order valence-electron chi connectivity index (χ4n) is 3.12. The SMILES string of the molecule is Cc1ccc(C(=O)c2cc(Cl)ccc2NS(=O)(=O)c2ccc(-c3ocnc3C)cc2)cn1. The van der Waals surface area contributed by atoms with Crippen LogP contribution in [0.15, 0.2) is 76.5 Å². The molecule has 2 aromatic heterocycles. The Balaban J connectivity index is 1.65. The number of aryl methyl sites for hydroxylation is 2. The van der Waals surface area contributed by atoms with Gasteiger partial charge < -0.3 is 4.42 Å². The molecule has 0 spiro atoms. The molecule has 32 heavy (non-hydrogen) atoms. The highest BCUT2D eigenvalue weighted by Gasteiger charge is 2.21. The van der Waals surface area contributed by atoms with Gasteiger partial charge in [0.25, 0.3) is 10.0 Å². The number of anilines is 1. The van der Waals surface area contributed by atoms with E-state index in [4.69, 9.17) is 16.0 Å². The van der Waals surface area contributed by atoms with E-state index in [2.05, 4.69) is 14.7 Å². The van der Waals surface area contributed by atoms with E-state index in [1.165, 1.54) is 42.9 Å². The van der Waals surface area contributed by atoms with Gasteiger partial charge >= 0.3 is 0 Å². The van der Waals surface area contributed by atoms with E-state index in [-0.39, 0.29) is 16.1 Å². The van der Waals surface area contributed by atoms with Crippen LogP contribution in [0.4, 0.5) is 5.69 Å². The lowest BCUT2D eigenvalue weighted by atomic mass is 10.0. The number of nitrogens with zero attached hydrogens (tertiary/aromatic N) is 2. The van der Waals surface area contributed by atoms with Gasteiger partial charge in [-0.2, -0.15) is 0 Å². The zero-order chi connectivity index (χ0) is 22.9. The van der Waals surface area contributed by atoms with Crippen molar-refractivity contribution in [1.29, 1.82) is 0 Å². The Morgan fingerprint density at radius 3 is 2.38 bits per heavy atom. The first-order valence-corrected chi connectivity index (χ1v) is 11.4. The number of hydrogen-bond acceptors (Lipinski definition) is 6. The summed E-state index contributed by atoms with van der Waals surface area (Å²) in [4.78, 5) is 21.2. The maximum Gasteiger partial charge on any atom is 0.261 e. The average Bonchev–Trinajstić information content (AvgIpc) is 3.21. The van der Waals surface area contributed by atoms with Crippen LogP contribution in [0.5, 0.6) is 0 Å². The first kappa shape index (κ1) is 21.7. The van der Waals surface area contributed by atoms with E-state index in [0.29, 0.717) is 27.6 Å². The number of pyridine rings is 1. The monoisotopic (exact) mass is 467 g/mol. The summed E-state index contributed by atoms with van der Waals surface area (Å²) in [6.07, 6.45) is 2.78. The van der Waals surface area contributed by atoms with Crippen molar-refractivity contribution in [2.45, 2.75) is 18.7 Å². The van der Waals surface area contributed by atoms with Crippen LogP contribution in [0.1, 0.15) is 27.3 Å². The molecule has 0 bridgehead atoms. The lowest BCUT2D eigenvalue weighted by molar-refractivity contribution is 0.103. The summed E-state index contributed by atoms with van der Waals surface area (Å²) in [5.74, 6) is 0.174. The maximum absolute atomic E-state index is 13.0. The van der Waals surface area contributed by atoms with Gasteiger partial charge in [-0.1, -0.05) is 11.6 Å². The van der Waals surface area contributed by atoms with Crippen LogP contribution < -0.4 is 4.72 Å². The van der Waals surface area contributed by atoms with Crippen LogP contribution in [0.2, 0.25) is 5.02 Å². The smallest absolute Gasteiger partial charge is 0.261 e. The second kappa shape index (κ2) is 8.57. The molecule has 0 saturated carbocycles. The average molecular weight is 468 g/mol. The Morgan fingerprint density at radius 1 is 1.00 bits per heavy atom. The molecule has 0 aliphatic heterocycles. The van der Waals surface area contributed by atoms with Gasteiger partial charge in [0, 0.05) is 33.6 Å². The van der Waals surface area contributed by atoms with Crippen molar-refractivity contribution in [3.05, 3.63) is 94.7 Å². The molecule has 0 fully saturated rings. The number of carbonyl (C=O) groups excluding carboxylic acids is 1. The Hall–Kier alpha value is -3.49. The Kier molecular flexibility index (Phi) is 5.82. The molecular formula is C23H18ClN3O4S. The number of sulfonamides is 1. The predicted octanol–water partition coefficient (Wildman–Crippen LogP) is 5.04. The minimum Gasteiger partial charge on any atom is -0.443 e. The molecule has 162 valence electrons. The molecule has 0 saturated heterocycles. The molecular weight excluding hydrogens is 450 g/mol. The second-order valence-electron chi connectivity index (χ2n) is 7.10. The molecule has 0 aliphatic rings. The molecule has 0 amide bonds. The fourth-order valence-corrected chi connectivity index (χ4v) is 4.37. The van der Waals surface area contributed by atoms with Crippen LogP contribution in [-0.2, 0) is 10.0 Å². The number of hydrogen-bond donors (Lipinski definition) is 1. The van der Waals surface area contributed by atoms with Crippen molar-refractivity contribution >= 4 is 33.1 Å². The third-order valence-electron chi connectivity index (χ3n) is 4.82. The van der Waals surface area contributed by atoms with Crippen LogP contribution in [0.3, 0.4) is 0 Å². The number of carbonyl (C=O) groups is 1. The zero-order valence-corrected chi connectivity index (χ0v) is 18.7. The van der Waals surface area contributed by atoms with E-state index >= 15 is 0 Å². The van der Waals surface area contributed by atoms with Gasteiger partial charge in [0.2, 0.25) is 0 Å². The van der Waals surface area contributed by atoms with Crippen LogP contribution in [0, 0.1) is 13.8 Å². The lowest BCUT2D eigenvalue weighted by Crippen LogP contribution is -2.16. The third kappa shape index (κ3) is 4.42. The molecule has 4 aromatic rings. The summed E-state index contributed by atoms with van der Waals surface area (Å²) < 4.78 is 33.8. The number of rotatable bonds is 6. The van der Waals surface area contributed by atoms with Crippen molar-refractivity contribution in [2.75, 3.05) is 4.72 Å². The van der Waals surface area contributed by atoms with Crippen molar-refractivity contribution in [1.82, 2.24) is 9.97 Å². The molecule has 0 atom stereocenters. The summed E-state index contributed by atoms with van der Waals surface area (Å²) in [5.41, 5.74) is 2.74. The lowest BCUT2D eigenvalue weighted by Gasteiger charge is -2.13. The highest BCUT2D eigenvalue weighted by molar-refractivity contribution is 7.92. The topological polar surface area (TPSA) is 102 Å². The van der Waals surface area contributed by atoms with E-state index in [9.17, 15) is 13.2 Å². The number of aromatic nitrogens is 2. The van der Waals surface area contributed by atoms with E-state index < -0.39 is 15.8 Å². The predicted molar refractivity (Wildman–Crippen MR) is 121 cm³/mol. The van der Waals surface area contributed by atoms with E-state index in [1.54, 1.807) is 31.2 Å². The molecule has 2 aromatic carbocycles. The van der Waals surface area contributed by atoms with Gasteiger partial charge in [-0.3, -0.25) is 14.5 Å². The summed E-state index contributed by atoms with van der Waals surface area (Å²) in [7, 11) is -3.97. The second-order valence-corrected chi connectivity index (χ2v) is 9.22. The number of nitrogens with one attached hydrogen (secondary N) is 1. The van der Waals surface area contributed by atoms with Crippen molar-refractivity contribution < 1.29 is 17.6 Å². The standard InChI is InChI=1S/C23H18ClN3O4S/c1-14-3-4-17(12-25-14)22(28)20-11-18(24)7-10-21(20)27-32(29,30)19-8-5-16(6-9-19)23-15(2)26-13-31-23/h3-13,27H,1-2H3. The van der Waals surface area contributed by atoms with Gasteiger partial charge in [0.15, 0.2) is 17.9 Å². The summed E-state index contributed by atoms with van der Waals surface area (Å²) in [6, 6.07) is 13.9. The zero-order valence-electron chi connectivity index (χ0n) is 17.2. The summed E-state index contributed by atoms with van der Waals surface area (Å²) in [6.45, 7) is 3.61. The minimum absolute atomic E-state index is 0.0313. The molecule has 9 heteroatoms. The quantitative estimate of drug-likeness (QED) is 0.398. The molecule has 4 rings (SSSR count). The van der Waals surface area contributed by atoms with Gasteiger partial charge in [0.05, 0.1) is 16.3 Å². The first-order chi connectivity index (χ1) is 15.2. The largest absolute Gasteiger partial charge is 0.443 e. The number of halogens is 1. The molecule has 0 radical (unpaired) electrons. The number of benzene rings is 2. The molecule has 0 aliphatic carbocycles. The molecule has 0 unspecified atom stereocenters. The van der Waals surface area contributed by atoms with Crippen molar-refractivity contribution in [3.8, 4) is 11.3 Å². The highest BCUT2D eigenvalue weighted by atomic mass is 35.5. The Morgan fingerprint density at radius 2 is 1.75 bits per heavy atom. The van der Waals surface area contributed by atoms with Crippen LogP contribution in [-0.4, -0.2) is 24.2 Å². The highest BCUT2D eigenvalue weighted by Crippen LogP contribution is 2.28. The number of ketones is 1. The van der Waals surface area contributed by atoms with E-state index in [1.807, 2.05) is 6.92 Å². The van der Waals surface area contributed by atoms with Crippen molar-refractivity contribution in [3.63, 3.8) is 0 Å². The van der Waals surface area contributed by atoms with E-state index in [0.717, 1.165) is 5.69 Å². The van der Waals surface area contributed by atoms with Gasteiger partial charge in [0.1, 0.15) is 0 Å². The summed E-state index contributed by atoms with van der Waals surface area (Å²) in [5, 5.41) is 0.308. The summed E-state index contributed by atoms with van der Waals surface area (Å²) >= 11 is 6.08. The minimum atomic E-state index is -3.97. The Labute approximate surface area is 190 Å². The van der Waals surface area contributed by atoms with Gasteiger partial charge in [-0.25, -0.2) is 13.4 Å². The van der Waals surface area contributed by atoms with Gasteiger partial charge in [-0.05, 0) is 68.4 Å². The number of oxazole rings is 1. The maximum atomic E-state index is 13.0. The Bertz CT molecular complexity index is 1400.